The first-order valence-electron chi connectivity index (χ1n) is 9.96. The van der Waals surface area contributed by atoms with Crippen LogP contribution in [0.15, 0.2) is 48.5 Å². The van der Waals surface area contributed by atoms with Gasteiger partial charge in [0, 0.05) is 34.4 Å². The third-order valence-corrected chi connectivity index (χ3v) is 5.29. The molecule has 1 heterocycles. The summed E-state index contributed by atoms with van der Waals surface area (Å²) in [7, 11) is 6.27. The lowest BCUT2D eigenvalue weighted by Gasteiger charge is -2.16. The summed E-state index contributed by atoms with van der Waals surface area (Å²) >= 11 is 0. The molecular weight excluding hydrogens is 428 g/mol. The average molecular weight is 450 g/mol. The number of pyridine rings is 1. The molecule has 4 aromatic rings. The lowest BCUT2D eigenvalue weighted by Crippen LogP contribution is -2.01. The molecule has 0 fully saturated rings. The van der Waals surface area contributed by atoms with E-state index in [4.69, 9.17) is 28.7 Å². The molecule has 0 saturated heterocycles. The Morgan fingerprint density at radius 2 is 1.27 bits per heavy atom. The van der Waals surface area contributed by atoms with E-state index in [1.165, 1.54) is 12.1 Å². The van der Waals surface area contributed by atoms with Crippen LogP contribution in [0.3, 0.4) is 0 Å². The zero-order chi connectivity index (χ0) is 23.5. The average Bonchev–Trinajstić information content (AvgIpc) is 2.85. The molecule has 0 N–H and O–H groups in total. The second-order valence-electron chi connectivity index (χ2n) is 7.11. The number of hydrogen-bond donors (Lipinski definition) is 0. The molecule has 33 heavy (non-hydrogen) atoms. The van der Waals surface area contributed by atoms with Crippen molar-refractivity contribution < 1.29 is 28.6 Å². The number of nitrogens with zero attached hydrogens (tertiary/aromatic N) is 2. The van der Waals surface area contributed by atoms with Crippen LogP contribution in [0, 0.1) is 10.1 Å². The van der Waals surface area contributed by atoms with Crippen LogP contribution in [-0.4, -0.2) is 38.3 Å². The number of non-ortho nitro benzene ring substituents is 1. The minimum atomic E-state index is -0.440. The standard InChI is InChI=1S/C24H22N2O7/c1-29-20-9-16-17-10-21(30-2)23(32-4)12-19(17)25-24(18(16)11-22(20)31-3)33-13-14-5-7-15(8-6-14)26(27)28/h5-12H,13H2,1-4H3. The van der Waals surface area contributed by atoms with Crippen LogP contribution in [0.5, 0.6) is 28.9 Å². The molecule has 0 bridgehead atoms. The summed E-state index contributed by atoms with van der Waals surface area (Å²) in [6, 6.07) is 13.5. The molecule has 0 spiro atoms. The van der Waals surface area contributed by atoms with Gasteiger partial charge in [0.15, 0.2) is 23.0 Å². The number of benzene rings is 3. The van der Waals surface area contributed by atoms with Crippen molar-refractivity contribution in [3.05, 3.63) is 64.2 Å². The molecular formula is C24H22N2O7. The first kappa shape index (κ1) is 21.9. The van der Waals surface area contributed by atoms with Crippen LogP contribution in [0.4, 0.5) is 5.69 Å². The van der Waals surface area contributed by atoms with Crippen LogP contribution >= 0.6 is 0 Å². The monoisotopic (exact) mass is 450 g/mol. The molecule has 0 aliphatic heterocycles. The lowest BCUT2D eigenvalue weighted by molar-refractivity contribution is -0.384. The van der Waals surface area contributed by atoms with Crippen LogP contribution in [0.25, 0.3) is 21.7 Å². The van der Waals surface area contributed by atoms with Gasteiger partial charge in [-0.1, -0.05) is 0 Å². The van der Waals surface area contributed by atoms with E-state index < -0.39 is 4.92 Å². The van der Waals surface area contributed by atoms with Gasteiger partial charge in [-0.3, -0.25) is 10.1 Å². The number of ether oxygens (including phenoxy) is 5. The predicted molar refractivity (Wildman–Crippen MR) is 123 cm³/mol. The lowest BCUT2D eigenvalue weighted by atomic mass is 10.0. The van der Waals surface area contributed by atoms with Gasteiger partial charge in [-0.15, -0.1) is 0 Å². The van der Waals surface area contributed by atoms with E-state index in [1.54, 1.807) is 46.6 Å². The van der Waals surface area contributed by atoms with E-state index >= 15 is 0 Å². The predicted octanol–water partition coefficient (Wildman–Crippen LogP) is 4.91. The number of hydrogen-bond acceptors (Lipinski definition) is 8. The molecule has 4 rings (SSSR count). The Balaban J connectivity index is 1.86. The highest BCUT2D eigenvalue weighted by Gasteiger charge is 2.17. The summed E-state index contributed by atoms with van der Waals surface area (Å²) in [5.74, 6) is 2.59. The molecule has 0 amide bonds. The fourth-order valence-corrected chi connectivity index (χ4v) is 3.60. The normalized spacial score (nSPS) is 10.8. The van der Waals surface area contributed by atoms with E-state index in [9.17, 15) is 10.1 Å². The Morgan fingerprint density at radius 1 is 0.758 bits per heavy atom. The molecule has 0 saturated carbocycles. The Kier molecular flexibility index (Phi) is 6.03. The third kappa shape index (κ3) is 4.12. The third-order valence-electron chi connectivity index (χ3n) is 5.29. The Labute approximate surface area is 189 Å². The second-order valence-corrected chi connectivity index (χ2v) is 7.11. The number of aromatic nitrogens is 1. The van der Waals surface area contributed by atoms with Crippen LogP contribution in [0.1, 0.15) is 5.56 Å². The SMILES string of the molecule is COc1cc2nc(OCc3ccc([N+](=O)[O-])cc3)c3cc(OC)c(OC)cc3c2cc1OC. The second kappa shape index (κ2) is 9.07. The maximum atomic E-state index is 10.9. The zero-order valence-electron chi connectivity index (χ0n) is 18.6. The van der Waals surface area contributed by atoms with Gasteiger partial charge >= 0.3 is 0 Å². The van der Waals surface area contributed by atoms with E-state index in [2.05, 4.69) is 0 Å². The maximum absolute atomic E-state index is 10.9. The number of nitro benzene ring substituents is 1. The zero-order valence-corrected chi connectivity index (χ0v) is 18.6. The summed E-state index contributed by atoms with van der Waals surface area (Å²) in [6.45, 7) is 0.174. The van der Waals surface area contributed by atoms with Crippen LogP contribution in [0.2, 0.25) is 0 Å². The Hall–Kier alpha value is -4.27. The summed E-state index contributed by atoms with van der Waals surface area (Å²) in [5.41, 5.74) is 1.43. The summed E-state index contributed by atoms with van der Waals surface area (Å²) in [6.07, 6.45) is 0. The van der Waals surface area contributed by atoms with Crippen molar-refractivity contribution in [2.75, 3.05) is 28.4 Å². The highest BCUT2D eigenvalue weighted by Crippen LogP contribution is 2.42. The van der Waals surface area contributed by atoms with E-state index in [0.29, 0.717) is 39.8 Å². The Bertz CT molecular complexity index is 1340. The highest BCUT2D eigenvalue weighted by atomic mass is 16.6. The van der Waals surface area contributed by atoms with Gasteiger partial charge in [0.25, 0.3) is 5.69 Å². The molecule has 9 heteroatoms. The van der Waals surface area contributed by atoms with Gasteiger partial charge in [0.05, 0.1) is 38.9 Å². The van der Waals surface area contributed by atoms with Crippen molar-refractivity contribution in [3.8, 4) is 28.9 Å². The summed E-state index contributed by atoms with van der Waals surface area (Å²) in [4.78, 5) is 15.2. The van der Waals surface area contributed by atoms with Crippen molar-refractivity contribution in [1.82, 2.24) is 4.98 Å². The molecule has 0 radical (unpaired) electrons. The van der Waals surface area contributed by atoms with E-state index in [-0.39, 0.29) is 12.3 Å². The molecule has 1 aromatic heterocycles. The van der Waals surface area contributed by atoms with Crippen molar-refractivity contribution in [1.29, 1.82) is 0 Å². The highest BCUT2D eigenvalue weighted by molar-refractivity contribution is 6.09. The van der Waals surface area contributed by atoms with Crippen molar-refractivity contribution in [2.45, 2.75) is 6.61 Å². The first-order chi connectivity index (χ1) is 16.0. The van der Waals surface area contributed by atoms with Gasteiger partial charge in [0.1, 0.15) is 6.61 Å². The number of methoxy groups -OCH3 is 4. The molecule has 170 valence electrons. The molecule has 0 aliphatic carbocycles. The van der Waals surface area contributed by atoms with Crippen molar-refractivity contribution >= 4 is 27.4 Å². The quantitative estimate of drug-likeness (QED) is 0.212. The fraction of sp³-hybridized carbons (Fsp3) is 0.208. The largest absolute Gasteiger partial charge is 0.493 e. The molecule has 0 unspecified atom stereocenters. The van der Waals surface area contributed by atoms with E-state index in [1.807, 2.05) is 18.2 Å². The smallest absolute Gasteiger partial charge is 0.269 e. The molecule has 3 aromatic carbocycles. The van der Waals surface area contributed by atoms with Crippen LogP contribution < -0.4 is 23.7 Å². The molecule has 0 atom stereocenters. The van der Waals surface area contributed by atoms with Crippen molar-refractivity contribution in [2.24, 2.45) is 0 Å². The maximum Gasteiger partial charge on any atom is 0.269 e. The fourth-order valence-electron chi connectivity index (χ4n) is 3.60. The number of fused-ring (bicyclic) bond motifs is 3. The first-order valence-corrected chi connectivity index (χ1v) is 9.96. The molecule has 9 nitrogen and oxygen atoms in total. The summed E-state index contributed by atoms with van der Waals surface area (Å²) < 4.78 is 27.9. The topological polar surface area (TPSA) is 102 Å². The van der Waals surface area contributed by atoms with Gasteiger partial charge < -0.3 is 23.7 Å². The van der Waals surface area contributed by atoms with Crippen LogP contribution in [-0.2, 0) is 6.61 Å². The van der Waals surface area contributed by atoms with Crippen molar-refractivity contribution in [3.63, 3.8) is 0 Å². The van der Waals surface area contributed by atoms with Gasteiger partial charge in [-0.25, -0.2) is 4.98 Å². The summed E-state index contributed by atoms with van der Waals surface area (Å²) in [5, 5.41) is 13.3. The minimum Gasteiger partial charge on any atom is -0.493 e. The Morgan fingerprint density at radius 3 is 1.82 bits per heavy atom. The number of rotatable bonds is 8. The minimum absolute atomic E-state index is 0.0194. The van der Waals surface area contributed by atoms with Gasteiger partial charge in [-0.05, 0) is 35.9 Å². The molecule has 0 aliphatic rings. The van der Waals surface area contributed by atoms with E-state index in [0.717, 1.165) is 16.3 Å². The van der Waals surface area contributed by atoms with Gasteiger partial charge in [0.2, 0.25) is 5.88 Å². The van der Waals surface area contributed by atoms with Gasteiger partial charge in [-0.2, -0.15) is 0 Å². The number of nitro groups is 1.